The van der Waals surface area contributed by atoms with E-state index in [-0.39, 0.29) is 24.0 Å². The van der Waals surface area contributed by atoms with E-state index in [1.54, 1.807) is 36.7 Å². The number of rotatable bonds is 6. The molecule has 0 saturated carbocycles. The Balaban J connectivity index is 1.79. The summed E-state index contributed by atoms with van der Waals surface area (Å²) in [5, 5.41) is 13.4. The van der Waals surface area contributed by atoms with Crippen LogP contribution in [-0.2, 0) is 11.3 Å². The van der Waals surface area contributed by atoms with Gasteiger partial charge in [-0.05, 0) is 59.5 Å². The van der Waals surface area contributed by atoms with Crippen LogP contribution in [0.25, 0.3) is 0 Å². The largest absolute Gasteiger partial charge is 0.508 e. The highest BCUT2D eigenvalue weighted by Crippen LogP contribution is 2.31. The van der Waals surface area contributed by atoms with Crippen molar-refractivity contribution in [2.75, 3.05) is 0 Å². The number of halogens is 1. The second kappa shape index (κ2) is 8.69. The number of phenolic OH excluding ortho intramolecular Hbond substituents is 1. The molecule has 1 unspecified atom stereocenters. The molecule has 4 nitrogen and oxygen atoms in total. The molecule has 27 heavy (non-hydrogen) atoms. The summed E-state index contributed by atoms with van der Waals surface area (Å²) in [4.78, 5) is 16.7. The number of phenols is 1. The zero-order chi connectivity index (χ0) is 19.2. The lowest BCUT2D eigenvalue weighted by Gasteiger charge is -2.18. The molecule has 3 aromatic rings. The van der Waals surface area contributed by atoms with Gasteiger partial charge in [-0.25, -0.2) is 0 Å². The van der Waals surface area contributed by atoms with Crippen molar-refractivity contribution in [3.8, 4) is 5.75 Å². The van der Waals surface area contributed by atoms with Crippen molar-refractivity contribution >= 4 is 17.5 Å². The molecule has 1 aromatic heterocycles. The molecule has 0 aliphatic carbocycles. The van der Waals surface area contributed by atoms with Gasteiger partial charge in [-0.1, -0.05) is 35.9 Å². The Hall–Kier alpha value is -2.85. The minimum Gasteiger partial charge on any atom is -0.508 e. The first kappa shape index (κ1) is 18.9. The van der Waals surface area contributed by atoms with Crippen LogP contribution in [0.1, 0.15) is 34.6 Å². The highest BCUT2D eigenvalue weighted by Gasteiger charge is 2.19. The number of hydrogen-bond donors (Lipinski definition) is 2. The molecule has 0 aliphatic heterocycles. The number of aryl methyl sites for hydroxylation is 1. The fourth-order valence-electron chi connectivity index (χ4n) is 3.04. The third-order valence-corrected chi connectivity index (χ3v) is 4.76. The number of carbonyl (C=O) groups is 1. The molecule has 138 valence electrons. The predicted octanol–water partition coefficient (Wildman–Crippen LogP) is 4.59. The highest BCUT2D eigenvalue weighted by atomic mass is 35.5. The third-order valence-electron chi connectivity index (χ3n) is 4.53. The predicted molar refractivity (Wildman–Crippen MR) is 107 cm³/mol. The highest BCUT2D eigenvalue weighted by molar-refractivity contribution is 6.30. The summed E-state index contributed by atoms with van der Waals surface area (Å²) in [7, 11) is 0. The van der Waals surface area contributed by atoms with E-state index in [2.05, 4.69) is 10.3 Å². The maximum Gasteiger partial charge on any atom is 0.221 e. The van der Waals surface area contributed by atoms with E-state index < -0.39 is 0 Å². The number of amides is 1. The fourth-order valence-corrected chi connectivity index (χ4v) is 3.24. The lowest BCUT2D eigenvalue weighted by molar-refractivity contribution is -0.121. The summed E-state index contributed by atoms with van der Waals surface area (Å²) in [6, 6.07) is 16.4. The summed E-state index contributed by atoms with van der Waals surface area (Å²) in [5.74, 6) is -0.0961. The number of hydrogen-bond acceptors (Lipinski definition) is 3. The van der Waals surface area contributed by atoms with Crippen molar-refractivity contribution in [1.29, 1.82) is 0 Å². The topological polar surface area (TPSA) is 62.2 Å². The van der Waals surface area contributed by atoms with E-state index in [0.717, 1.165) is 22.3 Å². The van der Waals surface area contributed by atoms with Gasteiger partial charge < -0.3 is 10.4 Å². The lowest BCUT2D eigenvalue weighted by atomic mass is 9.88. The molecule has 0 aliphatic rings. The molecule has 2 N–H and O–H groups in total. The van der Waals surface area contributed by atoms with Gasteiger partial charge in [0.2, 0.25) is 5.91 Å². The van der Waals surface area contributed by atoms with Gasteiger partial charge >= 0.3 is 0 Å². The van der Waals surface area contributed by atoms with E-state index in [1.807, 2.05) is 37.3 Å². The molecular weight excluding hydrogens is 360 g/mol. The molecule has 1 heterocycles. The van der Waals surface area contributed by atoms with Crippen LogP contribution in [0.5, 0.6) is 5.75 Å². The quantitative estimate of drug-likeness (QED) is 0.657. The van der Waals surface area contributed by atoms with E-state index in [9.17, 15) is 9.90 Å². The maximum absolute atomic E-state index is 12.6. The molecule has 5 heteroatoms. The Kier molecular flexibility index (Phi) is 6.09. The number of nitrogens with zero attached hydrogens (tertiary/aromatic N) is 1. The Morgan fingerprint density at radius 1 is 1.15 bits per heavy atom. The van der Waals surface area contributed by atoms with Gasteiger partial charge in [0.15, 0.2) is 0 Å². The van der Waals surface area contributed by atoms with Crippen molar-refractivity contribution in [1.82, 2.24) is 10.3 Å². The van der Waals surface area contributed by atoms with Gasteiger partial charge in [0.1, 0.15) is 5.75 Å². The minimum atomic E-state index is -0.200. The zero-order valence-electron chi connectivity index (χ0n) is 15.0. The second-order valence-corrected chi connectivity index (χ2v) is 6.92. The Morgan fingerprint density at radius 3 is 2.59 bits per heavy atom. The average Bonchev–Trinajstić information content (AvgIpc) is 2.65. The monoisotopic (exact) mass is 380 g/mol. The summed E-state index contributed by atoms with van der Waals surface area (Å²) in [6.07, 6.45) is 3.76. The molecule has 0 radical (unpaired) electrons. The SMILES string of the molecule is Cc1cnccc1CNC(=O)CC(c1cccc(O)c1)c1cccc(Cl)c1. The number of nitrogens with one attached hydrogen (secondary N) is 1. The number of pyridine rings is 1. The van der Waals surface area contributed by atoms with Crippen molar-refractivity contribution in [3.63, 3.8) is 0 Å². The first-order chi connectivity index (χ1) is 13.0. The van der Waals surface area contributed by atoms with Crippen LogP contribution < -0.4 is 5.32 Å². The van der Waals surface area contributed by atoms with Gasteiger partial charge in [-0.2, -0.15) is 0 Å². The number of benzene rings is 2. The number of aromatic hydroxyl groups is 1. The first-order valence-electron chi connectivity index (χ1n) is 8.73. The summed E-state index contributed by atoms with van der Waals surface area (Å²) >= 11 is 6.15. The van der Waals surface area contributed by atoms with E-state index >= 15 is 0 Å². The van der Waals surface area contributed by atoms with Crippen LogP contribution in [-0.4, -0.2) is 16.0 Å². The van der Waals surface area contributed by atoms with Gasteiger partial charge in [-0.3, -0.25) is 9.78 Å². The summed E-state index contributed by atoms with van der Waals surface area (Å²) in [5.41, 5.74) is 3.88. The maximum atomic E-state index is 12.6. The summed E-state index contributed by atoms with van der Waals surface area (Å²) in [6.45, 7) is 2.42. The summed E-state index contributed by atoms with van der Waals surface area (Å²) < 4.78 is 0. The second-order valence-electron chi connectivity index (χ2n) is 6.49. The Morgan fingerprint density at radius 2 is 1.89 bits per heavy atom. The van der Waals surface area contributed by atoms with E-state index in [4.69, 9.17) is 11.6 Å². The van der Waals surface area contributed by atoms with Gasteiger partial charge in [0.25, 0.3) is 0 Å². The van der Waals surface area contributed by atoms with Crippen LogP contribution in [0, 0.1) is 6.92 Å². The van der Waals surface area contributed by atoms with Gasteiger partial charge in [-0.15, -0.1) is 0 Å². The van der Waals surface area contributed by atoms with Crippen LogP contribution in [0.4, 0.5) is 0 Å². The smallest absolute Gasteiger partial charge is 0.221 e. The molecule has 1 atom stereocenters. The molecule has 0 spiro atoms. The minimum absolute atomic E-state index is 0.0699. The average molecular weight is 381 g/mol. The molecule has 2 aromatic carbocycles. The van der Waals surface area contributed by atoms with Crippen molar-refractivity contribution in [3.05, 3.63) is 94.3 Å². The Bertz CT molecular complexity index is 897. The standard InChI is InChI=1S/C22H21ClN2O2/c1-15-13-24-9-8-18(15)14-25-22(27)12-21(16-4-2-6-19(23)10-16)17-5-3-7-20(26)11-17/h2-11,13,21,26H,12,14H2,1H3,(H,25,27). The third kappa shape index (κ3) is 5.08. The van der Waals surface area contributed by atoms with Crippen LogP contribution >= 0.6 is 11.6 Å². The number of carbonyl (C=O) groups excluding carboxylic acids is 1. The van der Waals surface area contributed by atoms with Crippen molar-refractivity contribution < 1.29 is 9.90 Å². The van der Waals surface area contributed by atoms with Crippen LogP contribution in [0.3, 0.4) is 0 Å². The molecule has 1 amide bonds. The molecule has 0 fully saturated rings. The van der Waals surface area contributed by atoms with Crippen LogP contribution in [0.2, 0.25) is 5.02 Å². The molecular formula is C22H21ClN2O2. The van der Waals surface area contributed by atoms with Crippen molar-refractivity contribution in [2.24, 2.45) is 0 Å². The van der Waals surface area contributed by atoms with Gasteiger partial charge in [0.05, 0.1) is 0 Å². The number of aromatic nitrogens is 1. The van der Waals surface area contributed by atoms with Crippen LogP contribution in [0.15, 0.2) is 67.0 Å². The fraction of sp³-hybridized carbons (Fsp3) is 0.182. The van der Waals surface area contributed by atoms with Gasteiger partial charge in [0, 0.05) is 36.3 Å². The molecule has 0 saturated heterocycles. The molecule has 0 bridgehead atoms. The first-order valence-corrected chi connectivity index (χ1v) is 9.11. The lowest BCUT2D eigenvalue weighted by Crippen LogP contribution is -2.25. The van der Waals surface area contributed by atoms with E-state index in [1.165, 1.54) is 0 Å². The zero-order valence-corrected chi connectivity index (χ0v) is 15.8. The normalized spacial score (nSPS) is 11.8. The molecule has 3 rings (SSSR count). The van der Waals surface area contributed by atoms with E-state index in [0.29, 0.717) is 11.6 Å². The van der Waals surface area contributed by atoms with Crippen molar-refractivity contribution in [2.45, 2.75) is 25.8 Å². The Labute approximate surface area is 163 Å².